The number of aliphatic imine (C=N–C) groups is 1. The maximum atomic E-state index is 13.6. The first-order valence-corrected chi connectivity index (χ1v) is 19.4. The van der Waals surface area contributed by atoms with Crippen LogP contribution in [0.1, 0.15) is 106 Å². The molecule has 0 radical (unpaired) electrons. The Morgan fingerprint density at radius 2 is 1.55 bits per heavy atom. The van der Waals surface area contributed by atoms with Gasteiger partial charge in [-0.25, -0.2) is 19.8 Å². The number of aromatic nitrogens is 4. The highest BCUT2D eigenvalue weighted by Crippen LogP contribution is 2.55. The number of hydrogen-bond donors (Lipinski definition) is 3. The Labute approximate surface area is 321 Å². The molecule has 4 aromatic rings. The molecular weight excluding hydrogens is 701 g/mol. The monoisotopic (exact) mass is 752 g/mol. The highest BCUT2D eigenvalue weighted by Gasteiger charge is 2.41. The van der Waals surface area contributed by atoms with E-state index in [0.717, 1.165) is 66.0 Å². The molecule has 292 valence electrons. The third kappa shape index (κ3) is 7.96. The molecular formula is C41H52N8O6. The number of hydrogen-bond acceptors (Lipinski definition) is 9. The molecule has 3 fully saturated rings. The van der Waals surface area contributed by atoms with Gasteiger partial charge in [0.2, 0.25) is 18.2 Å². The fourth-order valence-electron chi connectivity index (χ4n) is 8.26. The SMILES string of the molecule is COO/C=N\[C@H](C(=O)N1CCC[C@H]1c1ncc(-c2ccc([C@H]3C[C@@H]3c3ccc4nc([C@@H]5CCCN5C(=O)[C@@H](NC(=O)OC)C(C)C)[nH]c4c3)cc2)[nH]1)C(C)C. The Morgan fingerprint density at radius 1 is 0.873 bits per heavy atom. The number of imidazole rings is 2. The third-order valence-electron chi connectivity index (χ3n) is 11.3. The average Bonchev–Trinajstić information content (AvgIpc) is 3.69. The Hall–Kier alpha value is -5.24. The normalized spacial score (nSPS) is 22.2. The number of benzene rings is 2. The van der Waals surface area contributed by atoms with Crippen LogP contribution >= 0.6 is 0 Å². The van der Waals surface area contributed by atoms with E-state index in [1.54, 1.807) is 0 Å². The van der Waals surface area contributed by atoms with E-state index in [4.69, 9.17) is 19.6 Å². The van der Waals surface area contributed by atoms with Crippen molar-refractivity contribution in [3.05, 3.63) is 71.4 Å². The van der Waals surface area contributed by atoms with Crippen LogP contribution < -0.4 is 5.32 Å². The third-order valence-corrected chi connectivity index (χ3v) is 11.3. The second-order valence-corrected chi connectivity index (χ2v) is 15.6. The molecule has 55 heavy (non-hydrogen) atoms. The van der Waals surface area contributed by atoms with Crippen molar-refractivity contribution in [1.82, 2.24) is 35.1 Å². The van der Waals surface area contributed by atoms with Crippen molar-refractivity contribution in [2.24, 2.45) is 16.8 Å². The van der Waals surface area contributed by atoms with E-state index < -0.39 is 18.2 Å². The maximum absolute atomic E-state index is 13.6. The highest BCUT2D eigenvalue weighted by atomic mass is 17.2. The Kier molecular flexibility index (Phi) is 11.2. The molecule has 7 rings (SSSR count). The summed E-state index contributed by atoms with van der Waals surface area (Å²) in [5, 5.41) is 2.72. The molecule has 3 aliphatic rings. The van der Waals surface area contributed by atoms with Gasteiger partial charge in [-0.1, -0.05) is 58.0 Å². The van der Waals surface area contributed by atoms with E-state index in [2.05, 4.69) is 67.6 Å². The molecule has 2 aromatic carbocycles. The van der Waals surface area contributed by atoms with Crippen LogP contribution in [0.3, 0.4) is 0 Å². The van der Waals surface area contributed by atoms with E-state index in [-0.39, 0.29) is 35.7 Å². The predicted molar refractivity (Wildman–Crippen MR) is 207 cm³/mol. The van der Waals surface area contributed by atoms with Gasteiger partial charge >= 0.3 is 6.09 Å². The van der Waals surface area contributed by atoms with E-state index in [1.165, 1.54) is 31.7 Å². The van der Waals surface area contributed by atoms with Crippen molar-refractivity contribution in [2.45, 2.75) is 95.8 Å². The standard InChI is InChI=1S/C41H52N8O6/c1-23(2)35(43-22-55-54-6)39(50)48-17-7-9-33(48)37-42-21-32(46-37)26-13-11-25(12-14-26)28-20-29(28)27-15-16-30-31(19-27)45-38(44-30)34-10-8-18-49(34)40(51)36(24(3)4)47-41(52)53-5/h11-16,19,21-24,28-29,33-36H,7-10,17-18,20H2,1-6H3,(H,42,46)(H,44,45)(H,47,52)/b43-22-/t28-,29-,33+,34+,35+,36+/m1/s1. The molecule has 4 heterocycles. The number of likely N-dealkylation sites (tertiary alicyclic amines) is 2. The molecule has 0 spiro atoms. The molecule has 14 heteroatoms. The first kappa shape index (κ1) is 38.1. The number of carbonyl (C=O) groups is 3. The highest BCUT2D eigenvalue weighted by molar-refractivity contribution is 5.87. The van der Waals surface area contributed by atoms with Crippen LogP contribution in [0.25, 0.3) is 22.3 Å². The first-order chi connectivity index (χ1) is 26.6. The minimum atomic E-state index is -0.673. The second-order valence-electron chi connectivity index (χ2n) is 15.6. The van der Waals surface area contributed by atoms with Crippen LogP contribution in [0.4, 0.5) is 4.79 Å². The van der Waals surface area contributed by atoms with Gasteiger partial charge in [-0.05, 0) is 84.6 Å². The summed E-state index contributed by atoms with van der Waals surface area (Å²) in [4.78, 5) is 73.3. The van der Waals surface area contributed by atoms with E-state index in [0.29, 0.717) is 24.9 Å². The zero-order valence-corrected chi connectivity index (χ0v) is 32.5. The van der Waals surface area contributed by atoms with Gasteiger partial charge in [-0.15, -0.1) is 0 Å². The molecule has 2 aromatic heterocycles. The fraction of sp³-hybridized carbons (Fsp3) is 0.512. The molecule has 2 aliphatic heterocycles. The van der Waals surface area contributed by atoms with Gasteiger partial charge in [-0.3, -0.25) is 9.59 Å². The van der Waals surface area contributed by atoms with Crippen LogP contribution in [0.5, 0.6) is 0 Å². The van der Waals surface area contributed by atoms with E-state index in [1.807, 2.05) is 43.7 Å². The lowest BCUT2D eigenvalue weighted by atomic mass is 10.0. The number of nitrogens with zero attached hydrogens (tertiary/aromatic N) is 5. The van der Waals surface area contributed by atoms with Crippen LogP contribution in [0.15, 0.2) is 53.7 Å². The van der Waals surface area contributed by atoms with Crippen molar-refractivity contribution in [2.75, 3.05) is 27.3 Å². The summed E-state index contributed by atoms with van der Waals surface area (Å²) in [5.74, 6) is 2.14. The number of nitrogens with one attached hydrogen (secondary N) is 3. The van der Waals surface area contributed by atoms with Crippen LogP contribution in [-0.2, 0) is 24.1 Å². The number of rotatable bonds is 13. The lowest BCUT2D eigenvalue weighted by molar-refractivity contribution is -0.188. The summed E-state index contributed by atoms with van der Waals surface area (Å²) in [7, 11) is 2.70. The number of aromatic amines is 2. The molecule has 6 atom stereocenters. The van der Waals surface area contributed by atoms with Gasteiger partial charge in [-0.2, -0.15) is 4.89 Å². The molecule has 0 bridgehead atoms. The Balaban J connectivity index is 0.999. The van der Waals surface area contributed by atoms with Gasteiger partial charge in [0, 0.05) is 13.1 Å². The minimum absolute atomic E-state index is 0.00194. The zero-order valence-electron chi connectivity index (χ0n) is 32.5. The smallest absolute Gasteiger partial charge is 0.407 e. The van der Waals surface area contributed by atoms with Gasteiger partial charge in [0.15, 0.2) is 0 Å². The van der Waals surface area contributed by atoms with Gasteiger partial charge < -0.3 is 34.7 Å². The molecule has 3 amide bonds. The zero-order chi connectivity index (χ0) is 38.8. The number of ether oxygens (including phenoxy) is 1. The Morgan fingerprint density at radius 3 is 2.22 bits per heavy atom. The summed E-state index contributed by atoms with van der Waals surface area (Å²) in [5.41, 5.74) is 6.37. The average molecular weight is 753 g/mol. The first-order valence-electron chi connectivity index (χ1n) is 19.4. The molecule has 14 nitrogen and oxygen atoms in total. The number of alkyl carbamates (subject to hydrolysis) is 1. The number of fused-ring (bicyclic) bond motifs is 1. The summed E-state index contributed by atoms with van der Waals surface area (Å²) < 4.78 is 4.78. The van der Waals surface area contributed by atoms with Gasteiger partial charge in [0.1, 0.15) is 23.7 Å². The van der Waals surface area contributed by atoms with Crippen molar-refractivity contribution in [1.29, 1.82) is 0 Å². The fourth-order valence-corrected chi connectivity index (χ4v) is 8.26. The van der Waals surface area contributed by atoms with Crippen molar-refractivity contribution >= 4 is 35.3 Å². The number of methoxy groups -OCH3 is 1. The maximum Gasteiger partial charge on any atom is 0.407 e. The topological polar surface area (TPSA) is 167 Å². The lowest BCUT2D eigenvalue weighted by Gasteiger charge is -2.29. The van der Waals surface area contributed by atoms with Crippen molar-refractivity contribution in [3.63, 3.8) is 0 Å². The summed E-state index contributed by atoms with van der Waals surface area (Å²) in [6, 6.07) is 13.6. The van der Waals surface area contributed by atoms with Gasteiger partial charge in [0.25, 0.3) is 0 Å². The molecule has 3 N–H and O–H groups in total. The quantitative estimate of drug-likeness (QED) is 0.0598. The molecule has 1 saturated carbocycles. The van der Waals surface area contributed by atoms with Gasteiger partial charge in [0.05, 0.1) is 49.2 Å². The van der Waals surface area contributed by atoms with E-state index in [9.17, 15) is 14.4 Å². The lowest BCUT2D eigenvalue weighted by Crippen LogP contribution is -2.51. The Bertz CT molecular complexity index is 2020. The molecule has 1 aliphatic carbocycles. The summed E-state index contributed by atoms with van der Waals surface area (Å²) >= 11 is 0. The second kappa shape index (κ2) is 16.2. The number of amides is 3. The predicted octanol–water partition coefficient (Wildman–Crippen LogP) is 6.56. The van der Waals surface area contributed by atoms with Crippen molar-refractivity contribution in [3.8, 4) is 11.3 Å². The largest absolute Gasteiger partial charge is 0.453 e. The van der Waals surface area contributed by atoms with Crippen LogP contribution in [0.2, 0.25) is 0 Å². The number of carbonyl (C=O) groups excluding carboxylic acids is 3. The number of H-pyrrole nitrogens is 2. The van der Waals surface area contributed by atoms with Crippen LogP contribution in [0, 0.1) is 11.8 Å². The van der Waals surface area contributed by atoms with Crippen molar-refractivity contribution < 1.29 is 28.9 Å². The minimum Gasteiger partial charge on any atom is -0.453 e. The molecule has 2 saturated heterocycles. The van der Waals surface area contributed by atoms with E-state index >= 15 is 0 Å². The summed E-state index contributed by atoms with van der Waals surface area (Å²) in [6.45, 7) is 9.05. The summed E-state index contributed by atoms with van der Waals surface area (Å²) in [6.07, 6.45) is 6.91. The molecule has 0 unspecified atom stereocenters. The van der Waals surface area contributed by atoms with Crippen LogP contribution in [-0.4, -0.2) is 93.4 Å².